The van der Waals surface area contributed by atoms with Crippen LogP contribution in [0.4, 0.5) is 5.95 Å². The zero-order valence-corrected chi connectivity index (χ0v) is 16.8. The van der Waals surface area contributed by atoms with Gasteiger partial charge in [0.2, 0.25) is 0 Å². The molecule has 0 aliphatic rings. The fraction of sp³-hybridized carbons (Fsp3) is 0.706. The molecule has 0 spiro atoms. The number of hydrogen-bond donors (Lipinski definition) is 3. The number of hydrazine groups is 1. The quantitative estimate of drug-likeness (QED) is 0.360. The first-order valence-electron chi connectivity index (χ1n) is 8.84. The fourth-order valence-electron chi connectivity index (χ4n) is 2.14. The molecule has 3 N–H and O–H groups in total. The Kier molecular flexibility index (Phi) is 7.76. The minimum Gasteiger partial charge on any atom is -0.390 e. The van der Waals surface area contributed by atoms with E-state index in [1.165, 1.54) is 23.9 Å². The van der Waals surface area contributed by atoms with Crippen LogP contribution < -0.4 is 16.2 Å². The maximum atomic E-state index is 12.5. The average molecular weight is 382 g/mol. The number of aromatic nitrogens is 2. The lowest BCUT2D eigenvalue weighted by Gasteiger charge is -2.30. The van der Waals surface area contributed by atoms with Gasteiger partial charge in [0, 0.05) is 19.0 Å². The van der Waals surface area contributed by atoms with Crippen molar-refractivity contribution in [2.24, 2.45) is 0 Å². The summed E-state index contributed by atoms with van der Waals surface area (Å²) in [4.78, 5) is 38.0. The molecule has 0 amide bonds. The third-order valence-electron chi connectivity index (χ3n) is 4.50. The van der Waals surface area contributed by atoms with Crippen LogP contribution in [-0.4, -0.2) is 49.7 Å². The van der Waals surface area contributed by atoms with Gasteiger partial charge >= 0.3 is 5.95 Å². The molecule has 0 fully saturated rings. The summed E-state index contributed by atoms with van der Waals surface area (Å²) in [5.41, 5.74) is 4.60. The van der Waals surface area contributed by atoms with E-state index in [-0.39, 0.29) is 36.5 Å². The SMILES string of the molecule is CC(=O)C(C)(C)NCC(C)NNC(C)(C)C(=O)CCn1ccnc1[N+](=O)[O-]. The van der Waals surface area contributed by atoms with E-state index >= 15 is 0 Å². The van der Waals surface area contributed by atoms with Crippen molar-refractivity contribution < 1.29 is 14.5 Å². The van der Waals surface area contributed by atoms with Gasteiger partial charge in [-0.15, -0.1) is 0 Å². The Bertz CT molecular complexity index is 683. The molecule has 152 valence electrons. The highest BCUT2D eigenvalue weighted by molar-refractivity contribution is 5.87. The Labute approximate surface area is 159 Å². The zero-order valence-electron chi connectivity index (χ0n) is 16.8. The predicted molar refractivity (Wildman–Crippen MR) is 101 cm³/mol. The maximum Gasteiger partial charge on any atom is 0.434 e. The zero-order chi connectivity index (χ0) is 20.8. The van der Waals surface area contributed by atoms with Gasteiger partial charge in [-0.05, 0) is 46.5 Å². The van der Waals surface area contributed by atoms with Crippen molar-refractivity contribution in [1.29, 1.82) is 0 Å². The smallest absolute Gasteiger partial charge is 0.390 e. The molecule has 1 heterocycles. The van der Waals surface area contributed by atoms with E-state index in [0.717, 1.165) is 0 Å². The standard InChI is InChI=1S/C17H30N6O4/c1-12(11-19-16(3,4)13(2)24)20-21-17(5,6)14(25)7-9-22-10-8-18-15(22)23(26)27/h8,10,12,19-21H,7,9,11H2,1-6H3. The van der Waals surface area contributed by atoms with Crippen LogP contribution in [0, 0.1) is 10.1 Å². The number of Topliss-reactive ketones (excluding diaryl/α,β-unsaturated/α-hetero) is 2. The number of nitrogens with one attached hydrogen (secondary N) is 3. The molecule has 27 heavy (non-hydrogen) atoms. The Morgan fingerprint density at radius 2 is 1.93 bits per heavy atom. The molecule has 1 rings (SSSR count). The van der Waals surface area contributed by atoms with Crippen LogP contribution in [0.15, 0.2) is 12.4 Å². The Morgan fingerprint density at radius 1 is 1.30 bits per heavy atom. The summed E-state index contributed by atoms with van der Waals surface area (Å²) in [7, 11) is 0. The summed E-state index contributed by atoms with van der Waals surface area (Å²) in [6.07, 6.45) is 2.95. The van der Waals surface area contributed by atoms with Crippen LogP contribution >= 0.6 is 0 Å². The number of aryl methyl sites for hydroxylation is 1. The highest BCUT2D eigenvalue weighted by Crippen LogP contribution is 2.12. The molecule has 10 nitrogen and oxygen atoms in total. The van der Waals surface area contributed by atoms with Crippen molar-refractivity contribution in [2.75, 3.05) is 6.54 Å². The number of carbonyl (C=O) groups excluding carboxylic acids is 2. The van der Waals surface area contributed by atoms with Crippen LogP contribution in [-0.2, 0) is 16.1 Å². The maximum absolute atomic E-state index is 12.5. The minimum atomic E-state index is -0.861. The van der Waals surface area contributed by atoms with Gasteiger partial charge in [-0.1, -0.05) is 4.98 Å². The second-order valence-corrected chi connectivity index (χ2v) is 7.71. The third kappa shape index (κ3) is 6.81. The molecular formula is C17H30N6O4. The molecule has 1 aromatic heterocycles. The van der Waals surface area contributed by atoms with Gasteiger partial charge in [0.1, 0.15) is 18.2 Å². The molecule has 0 aliphatic heterocycles. The topological polar surface area (TPSA) is 131 Å². The third-order valence-corrected chi connectivity index (χ3v) is 4.50. The summed E-state index contributed by atoms with van der Waals surface area (Å²) < 4.78 is 1.35. The van der Waals surface area contributed by atoms with E-state index in [0.29, 0.717) is 6.54 Å². The lowest BCUT2D eigenvalue weighted by Crippen LogP contribution is -2.59. The van der Waals surface area contributed by atoms with Crippen LogP contribution in [0.2, 0.25) is 0 Å². The Morgan fingerprint density at radius 3 is 2.48 bits per heavy atom. The van der Waals surface area contributed by atoms with E-state index in [1.807, 2.05) is 20.8 Å². The summed E-state index contributed by atoms with van der Waals surface area (Å²) in [5, 5.41) is 14.0. The summed E-state index contributed by atoms with van der Waals surface area (Å²) in [6, 6.07) is -0.0366. The van der Waals surface area contributed by atoms with Gasteiger partial charge in [-0.25, -0.2) is 9.99 Å². The van der Waals surface area contributed by atoms with Gasteiger partial charge in [0.05, 0.1) is 17.6 Å². The van der Waals surface area contributed by atoms with Gasteiger partial charge < -0.3 is 15.4 Å². The second kappa shape index (κ2) is 9.16. The van der Waals surface area contributed by atoms with E-state index < -0.39 is 16.0 Å². The van der Waals surface area contributed by atoms with Gasteiger partial charge in [-0.2, -0.15) is 0 Å². The first-order valence-corrected chi connectivity index (χ1v) is 8.84. The molecule has 0 saturated heterocycles. The van der Waals surface area contributed by atoms with E-state index in [9.17, 15) is 19.7 Å². The van der Waals surface area contributed by atoms with E-state index in [1.54, 1.807) is 13.8 Å². The molecule has 0 bridgehead atoms. The summed E-state index contributed by atoms with van der Waals surface area (Å²) in [6.45, 7) is 11.3. The van der Waals surface area contributed by atoms with Crippen LogP contribution in [0.25, 0.3) is 0 Å². The van der Waals surface area contributed by atoms with Crippen LogP contribution in [0.5, 0.6) is 0 Å². The molecule has 0 aliphatic carbocycles. The number of ketones is 2. The number of rotatable bonds is 12. The number of imidazole rings is 1. The average Bonchev–Trinajstić information content (AvgIpc) is 3.04. The molecular weight excluding hydrogens is 352 g/mol. The van der Waals surface area contributed by atoms with E-state index in [4.69, 9.17) is 0 Å². The molecule has 10 heteroatoms. The first-order chi connectivity index (χ1) is 12.4. The van der Waals surface area contributed by atoms with Crippen molar-refractivity contribution >= 4 is 17.5 Å². The monoisotopic (exact) mass is 382 g/mol. The van der Waals surface area contributed by atoms with Crippen molar-refractivity contribution in [1.82, 2.24) is 25.7 Å². The fourth-order valence-corrected chi connectivity index (χ4v) is 2.14. The number of nitro groups is 1. The second-order valence-electron chi connectivity index (χ2n) is 7.71. The number of nitrogens with zero attached hydrogens (tertiary/aromatic N) is 3. The van der Waals surface area contributed by atoms with Gasteiger partial charge in [0.25, 0.3) is 0 Å². The van der Waals surface area contributed by atoms with Crippen LogP contribution in [0.3, 0.4) is 0 Å². The van der Waals surface area contributed by atoms with Crippen molar-refractivity contribution in [2.45, 2.75) is 71.6 Å². The predicted octanol–water partition coefficient (Wildman–Crippen LogP) is 0.969. The highest BCUT2D eigenvalue weighted by Gasteiger charge is 2.29. The van der Waals surface area contributed by atoms with Crippen LogP contribution in [0.1, 0.15) is 48.0 Å². The highest BCUT2D eigenvalue weighted by atomic mass is 16.6. The van der Waals surface area contributed by atoms with E-state index in [2.05, 4.69) is 21.2 Å². The largest absolute Gasteiger partial charge is 0.434 e. The first kappa shape index (κ1) is 22.9. The summed E-state index contributed by atoms with van der Waals surface area (Å²) >= 11 is 0. The molecule has 1 atom stereocenters. The lowest BCUT2D eigenvalue weighted by atomic mass is 9.97. The normalized spacial score (nSPS) is 13.4. The Balaban J connectivity index is 2.49. The molecule has 1 unspecified atom stereocenters. The van der Waals surface area contributed by atoms with Crippen molar-refractivity contribution in [3.8, 4) is 0 Å². The lowest BCUT2D eigenvalue weighted by molar-refractivity contribution is -0.396. The van der Waals surface area contributed by atoms with Gasteiger partial charge in [-0.3, -0.25) is 15.0 Å². The summed E-state index contributed by atoms with van der Waals surface area (Å²) in [5.74, 6) is -0.326. The van der Waals surface area contributed by atoms with Crippen molar-refractivity contribution in [3.63, 3.8) is 0 Å². The molecule has 0 saturated carbocycles. The Hall–Kier alpha value is -2.17. The number of hydrogen-bond acceptors (Lipinski definition) is 8. The minimum absolute atomic E-state index is 0.0366. The molecule has 0 radical (unpaired) electrons. The molecule has 0 aromatic carbocycles. The number of carbonyl (C=O) groups is 2. The van der Waals surface area contributed by atoms with Crippen molar-refractivity contribution in [3.05, 3.63) is 22.5 Å². The van der Waals surface area contributed by atoms with Gasteiger partial charge in [0.15, 0.2) is 5.78 Å². The molecule has 1 aromatic rings.